The van der Waals surface area contributed by atoms with Crippen molar-refractivity contribution in [1.29, 1.82) is 0 Å². The van der Waals surface area contributed by atoms with E-state index in [1.54, 1.807) is 4.90 Å². The molecule has 1 aliphatic carbocycles. The monoisotopic (exact) mass is 283 g/mol. The summed E-state index contributed by atoms with van der Waals surface area (Å²) in [5.74, 6) is 0.317. The SMILES string of the molecule is CC(C)CC(CN)CC(=O)N(CC(N)=O)C1CCCC1. The van der Waals surface area contributed by atoms with Crippen LogP contribution >= 0.6 is 0 Å². The minimum Gasteiger partial charge on any atom is -0.368 e. The van der Waals surface area contributed by atoms with Crippen LogP contribution < -0.4 is 11.5 Å². The Bertz CT molecular complexity index is 325. The Morgan fingerprint density at radius 2 is 1.85 bits per heavy atom. The van der Waals surface area contributed by atoms with E-state index in [0.717, 1.165) is 32.1 Å². The van der Waals surface area contributed by atoms with Crippen molar-refractivity contribution < 1.29 is 9.59 Å². The molecule has 1 fully saturated rings. The van der Waals surface area contributed by atoms with Crippen molar-refractivity contribution in [3.63, 3.8) is 0 Å². The van der Waals surface area contributed by atoms with E-state index in [-0.39, 0.29) is 24.4 Å². The van der Waals surface area contributed by atoms with E-state index in [1.807, 2.05) is 0 Å². The molecule has 1 atom stereocenters. The van der Waals surface area contributed by atoms with E-state index in [0.29, 0.717) is 18.9 Å². The Morgan fingerprint density at radius 1 is 1.25 bits per heavy atom. The number of nitrogens with zero attached hydrogens (tertiary/aromatic N) is 1. The van der Waals surface area contributed by atoms with Gasteiger partial charge in [-0.05, 0) is 37.6 Å². The summed E-state index contributed by atoms with van der Waals surface area (Å²) >= 11 is 0. The number of amides is 2. The third-order valence-corrected chi connectivity index (χ3v) is 4.01. The van der Waals surface area contributed by atoms with Gasteiger partial charge in [-0.3, -0.25) is 9.59 Å². The Labute approximate surface area is 122 Å². The second-order valence-corrected chi connectivity index (χ2v) is 6.36. The molecule has 0 heterocycles. The van der Waals surface area contributed by atoms with Gasteiger partial charge in [0.05, 0.1) is 6.54 Å². The zero-order chi connectivity index (χ0) is 15.1. The molecule has 5 heteroatoms. The van der Waals surface area contributed by atoms with Gasteiger partial charge in [0.15, 0.2) is 0 Å². The van der Waals surface area contributed by atoms with Crippen molar-refractivity contribution >= 4 is 11.8 Å². The molecular formula is C15H29N3O2. The van der Waals surface area contributed by atoms with Crippen molar-refractivity contribution in [3.05, 3.63) is 0 Å². The first-order chi connectivity index (χ1) is 9.43. The van der Waals surface area contributed by atoms with E-state index >= 15 is 0 Å². The molecule has 5 nitrogen and oxygen atoms in total. The van der Waals surface area contributed by atoms with Crippen molar-refractivity contribution in [1.82, 2.24) is 4.90 Å². The third-order valence-electron chi connectivity index (χ3n) is 4.01. The van der Waals surface area contributed by atoms with Crippen molar-refractivity contribution in [2.24, 2.45) is 23.3 Å². The van der Waals surface area contributed by atoms with Crippen LogP contribution in [0.25, 0.3) is 0 Å². The highest BCUT2D eigenvalue weighted by Gasteiger charge is 2.29. The molecule has 1 rings (SSSR count). The second-order valence-electron chi connectivity index (χ2n) is 6.36. The largest absolute Gasteiger partial charge is 0.368 e. The lowest BCUT2D eigenvalue weighted by Gasteiger charge is -2.29. The van der Waals surface area contributed by atoms with Gasteiger partial charge in [-0.25, -0.2) is 0 Å². The molecule has 0 aliphatic heterocycles. The fraction of sp³-hybridized carbons (Fsp3) is 0.867. The summed E-state index contributed by atoms with van der Waals surface area (Å²) in [4.78, 5) is 25.4. The Morgan fingerprint density at radius 3 is 2.30 bits per heavy atom. The summed E-state index contributed by atoms with van der Waals surface area (Å²) < 4.78 is 0. The maximum atomic E-state index is 12.5. The highest BCUT2D eigenvalue weighted by Crippen LogP contribution is 2.25. The van der Waals surface area contributed by atoms with Crippen LogP contribution in [0.5, 0.6) is 0 Å². The lowest BCUT2D eigenvalue weighted by molar-refractivity contribution is -0.138. The normalized spacial score (nSPS) is 17.4. The summed E-state index contributed by atoms with van der Waals surface area (Å²) in [7, 11) is 0. The zero-order valence-corrected chi connectivity index (χ0v) is 12.8. The second kappa shape index (κ2) is 8.25. The molecule has 20 heavy (non-hydrogen) atoms. The van der Waals surface area contributed by atoms with Crippen LogP contribution in [0.15, 0.2) is 0 Å². The number of hydrogen-bond donors (Lipinski definition) is 2. The summed E-state index contributed by atoms with van der Waals surface area (Å²) in [6.45, 7) is 4.82. The first kappa shape index (κ1) is 17.0. The van der Waals surface area contributed by atoms with E-state index < -0.39 is 5.91 Å². The van der Waals surface area contributed by atoms with Crippen molar-refractivity contribution in [2.45, 2.75) is 58.4 Å². The van der Waals surface area contributed by atoms with Crippen molar-refractivity contribution in [2.75, 3.05) is 13.1 Å². The zero-order valence-electron chi connectivity index (χ0n) is 12.8. The Hall–Kier alpha value is -1.10. The fourth-order valence-electron chi connectivity index (χ4n) is 3.10. The quantitative estimate of drug-likeness (QED) is 0.702. The standard InChI is InChI=1S/C15H29N3O2/c1-11(2)7-12(9-16)8-15(20)18(10-14(17)19)13-5-3-4-6-13/h11-13H,3-10,16H2,1-2H3,(H2,17,19). The minimum atomic E-state index is -0.432. The molecule has 0 aromatic heterocycles. The minimum absolute atomic E-state index is 0.0341. The molecule has 0 spiro atoms. The van der Waals surface area contributed by atoms with E-state index in [4.69, 9.17) is 11.5 Å². The van der Waals surface area contributed by atoms with Crippen LogP contribution in [0.1, 0.15) is 52.4 Å². The van der Waals surface area contributed by atoms with Gasteiger partial charge in [-0.15, -0.1) is 0 Å². The number of carbonyl (C=O) groups excluding carboxylic acids is 2. The molecular weight excluding hydrogens is 254 g/mol. The third kappa shape index (κ3) is 5.49. The lowest BCUT2D eigenvalue weighted by atomic mass is 9.93. The predicted octanol–water partition coefficient (Wildman–Crippen LogP) is 1.25. The van der Waals surface area contributed by atoms with E-state index in [1.165, 1.54) is 0 Å². The maximum Gasteiger partial charge on any atom is 0.237 e. The average molecular weight is 283 g/mol. The fourth-order valence-corrected chi connectivity index (χ4v) is 3.10. The summed E-state index contributed by atoms with van der Waals surface area (Å²) in [5.41, 5.74) is 11.0. The van der Waals surface area contributed by atoms with Gasteiger partial charge < -0.3 is 16.4 Å². The molecule has 116 valence electrons. The van der Waals surface area contributed by atoms with Crippen LogP contribution in [-0.4, -0.2) is 35.8 Å². The van der Waals surface area contributed by atoms with Crippen LogP contribution in [0.2, 0.25) is 0 Å². The van der Waals surface area contributed by atoms with Gasteiger partial charge in [0.25, 0.3) is 0 Å². The van der Waals surface area contributed by atoms with Crippen LogP contribution in [0.4, 0.5) is 0 Å². The number of hydrogen-bond acceptors (Lipinski definition) is 3. The molecule has 4 N–H and O–H groups in total. The average Bonchev–Trinajstić information content (AvgIpc) is 2.87. The van der Waals surface area contributed by atoms with Gasteiger partial charge in [-0.1, -0.05) is 26.7 Å². The first-order valence-corrected chi connectivity index (χ1v) is 7.71. The van der Waals surface area contributed by atoms with Crippen LogP contribution in [0, 0.1) is 11.8 Å². The molecule has 1 unspecified atom stereocenters. The van der Waals surface area contributed by atoms with E-state index in [2.05, 4.69) is 13.8 Å². The van der Waals surface area contributed by atoms with E-state index in [9.17, 15) is 9.59 Å². The lowest BCUT2D eigenvalue weighted by Crippen LogP contribution is -2.45. The summed E-state index contributed by atoms with van der Waals surface area (Å²) in [6, 6.07) is 0.187. The molecule has 0 aromatic rings. The predicted molar refractivity (Wildman–Crippen MR) is 79.8 cm³/mol. The highest BCUT2D eigenvalue weighted by atomic mass is 16.2. The molecule has 0 saturated heterocycles. The number of nitrogens with two attached hydrogens (primary N) is 2. The number of rotatable bonds is 8. The number of primary amides is 1. The smallest absolute Gasteiger partial charge is 0.237 e. The highest BCUT2D eigenvalue weighted by molar-refractivity contribution is 5.84. The Balaban J connectivity index is 2.63. The molecule has 2 amide bonds. The molecule has 1 aliphatic rings. The maximum absolute atomic E-state index is 12.5. The summed E-state index contributed by atoms with van der Waals surface area (Å²) in [5, 5.41) is 0. The van der Waals surface area contributed by atoms with Gasteiger partial charge in [-0.2, -0.15) is 0 Å². The summed E-state index contributed by atoms with van der Waals surface area (Å²) in [6.07, 6.45) is 5.59. The topological polar surface area (TPSA) is 89.4 Å². The van der Waals surface area contributed by atoms with Gasteiger partial charge in [0.1, 0.15) is 0 Å². The van der Waals surface area contributed by atoms with Crippen molar-refractivity contribution in [3.8, 4) is 0 Å². The molecule has 0 aromatic carbocycles. The van der Waals surface area contributed by atoms with Crippen LogP contribution in [0.3, 0.4) is 0 Å². The van der Waals surface area contributed by atoms with Gasteiger partial charge in [0.2, 0.25) is 11.8 Å². The first-order valence-electron chi connectivity index (χ1n) is 7.71. The number of carbonyl (C=O) groups is 2. The van der Waals surface area contributed by atoms with Gasteiger partial charge >= 0.3 is 0 Å². The Kier molecular flexibility index (Phi) is 6.99. The molecule has 0 radical (unpaired) electrons. The van der Waals surface area contributed by atoms with Crippen LogP contribution in [-0.2, 0) is 9.59 Å². The van der Waals surface area contributed by atoms with Gasteiger partial charge in [0, 0.05) is 12.5 Å². The molecule has 1 saturated carbocycles. The molecule has 0 bridgehead atoms.